The van der Waals surface area contributed by atoms with Gasteiger partial charge in [0.15, 0.2) is 5.75 Å². The van der Waals surface area contributed by atoms with Gasteiger partial charge in [0.05, 0.1) is 11.3 Å². The average Bonchev–Trinajstić information content (AvgIpc) is 3.35. The second kappa shape index (κ2) is 10.9. The van der Waals surface area contributed by atoms with Crippen molar-refractivity contribution in [3.8, 4) is 11.8 Å². The summed E-state index contributed by atoms with van der Waals surface area (Å²) in [6.07, 6.45) is 1.27. The zero-order chi connectivity index (χ0) is 26.6. The van der Waals surface area contributed by atoms with Gasteiger partial charge in [0.25, 0.3) is 5.91 Å². The van der Waals surface area contributed by atoms with Gasteiger partial charge < -0.3 is 19.9 Å². The van der Waals surface area contributed by atoms with Gasteiger partial charge in [-0.15, -0.1) is 24.5 Å². The summed E-state index contributed by atoms with van der Waals surface area (Å²) in [6.45, 7) is 4.15. The third kappa shape index (κ3) is 6.82. The number of aromatic nitrogens is 3. The molecule has 2 N–H and O–H groups in total. The van der Waals surface area contributed by atoms with E-state index in [-0.39, 0.29) is 23.4 Å². The molecule has 2 aromatic heterocycles. The van der Waals surface area contributed by atoms with E-state index >= 15 is 0 Å². The number of benzene rings is 1. The average molecular weight is 535 g/mol. The molecule has 4 rings (SSSR count). The molecule has 1 fully saturated rings. The van der Waals surface area contributed by atoms with E-state index in [1.165, 1.54) is 16.7 Å². The Labute approximate surface area is 213 Å². The number of allylic oxidation sites excluding steroid dienone is 1. The van der Waals surface area contributed by atoms with E-state index in [4.69, 9.17) is 9.84 Å². The standard InChI is InChI=1S/C24H21F3N4O5S/c1-13(14-3-6-16(7-4-14)35-23-28-9-2-10-29-23)21-31-18(12-37-21)20(32)30-17-8-5-15(22(33)34)11-19(17)36-24(25,26)27/h2,5,8-12,14,16H,1,3-4,6-7H2,(H,30,32)(H,33,34). The first-order chi connectivity index (χ1) is 17.6. The van der Waals surface area contributed by atoms with Gasteiger partial charge in [-0.05, 0) is 61.4 Å². The summed E-state index contributed by atoms with van der Waals surface area (Å²) in [6, 6.07) is 4.81. The van der Waals surface area contributed by atoms with Crippen LogP contribution in [0.1, 0.15) is 51.5 Å². The Morgan fingerprint density at radius 3 is 2.49 bits per heavy atom. The molecule has 1 saturated carbocycles. The molecule has 2 heterocycles. The van der Waals surface area contributed by atoms with E-state index in [2.05, 4.69) is 31.6 Å². The smallest absolute Gasteiger partial charge is 0.478 e. The molecule has 1 aliphatic rings. The van der Waals surface area contributed by atoms with E-state index in [9.17, 15) is 22.8 Å². The Morgan fingerprint density at radius 2 is 1.84 bits per heavy atom. The van der Waals surface area contributed by atoms with Crippen LogP contribution >= 0.6 is 11.3 Å². The summed E-state index contributed by atoms with van der Waals surface area (Å²) in [7, 11) is 0. The maximum atomic E-state index is 12.8. The molecule has 1 aliphatic carbocycles. The molecular weight excluding hydrogens is 513 g/mol. The number of rotatable bonds is 8. The lowest BCUT2D eigenvalue weighted by Gasteiger charge is -2.28. The molecule has 0 spiro atoms. The number of hydrogen-bond donors (Lipinski definition) is 2. The van der Waals surface area contributed by atoms with Gasteiger partial charge in [-0.25, -0.2) is 19.7 Å². The highest BCUT2D eigenvalue weighted by Gasteiger charge is 2.33. The number of carbonyl (C=O) groups excluding carboxylic acids is 1. The van der Waals surface area contributed by atoms with Crippen molar-refractivity contribution in [1.82, 2.24) is 15.0 Å². The van der Waals surface area contributed by atoms with Gasteiger partial charge in [-0.1, -0.05) is 6.58 Å². The fourth-order valence-electron chi connectivity index (χ4n) is 3.88. The first-order valence-electron chi connectivity index (χ1n) is 11.1. The van der Waals surface area contributed by atoms with Crippen LogP contribution in [0.15, 0.2) is 48.6 Å². The number of nitrogens with one attached hydrogen (secondary N) is 1. The molecule has 1 amide bonds. The number of carbonyl (C=O) groups is 2. The second-order valence-electron chi connectivity index (χ2n) is 8.20. The fourth-order valence-corrected chi connectivity index (χ4v) is 4.73. The Balaban J connectivity index is 1.39. The SMILES string of the molecule is C=C(c1nc(C(=O)Nc2ccc(C(=O)O)cc2OC(F)(F)F)cs1)C1CCC(Oc2ncccn2)CC1. The minimum Gasteiger partial charge on any atom is -0.478 e. The number of thiazole rings is 1. The van der Waals surface area contributed by atoms with E-state index in [1.807, 2.05) is 0 Å². The molecule has 37 heavy (non-hydrogen) atoms. The van der Waals surface area contributed by atoms with Crippen molar-refractivity contribution in [3.63, 3.8) is 0 Å². The van der Waals surface area contributed by atoms with Gasteiger partial charge in [0.2, 0.25) is 0 Å². The third-order valence-corrected chi connectivity index (χ3v) is 6.61. The summed E-state index contributed by atoms with van der Waals surface area (Å²) in [5.74, 6) is -2.93. The summed E-state index contributed by atoms with van der Waals surface area (Å²) in [4.78, 5) is 36.3. The van der Waals surface area contributed by atoms with Crippen LogP contribution in [-0.2, 0) is 0 Å². The zero-order valence-electron chi connectivity index (χ0n) is 19.2. The quantitative estimate of drug-likeness (QED) is 0.392. The third-order valence-electron chi connectivity index (χ3n) is 5.70. The highest BCUT2D eigenvalue weighted by molar-refractivity contribution is 7.11. The molecular formula is C24H21F3N4O5S. The minimum absolute atomic E-state index is 0.00953. The lowest BCUT2D eigenvalue weighted by Crippen LogP contribution is -2.25. The van der Waals surface area contributed by atoms with Crippen LogP contribution in [0.2, 0.25) is 0 Å². The van der Waals surface area contributed by atoms with Crippen LogP contribution in [0.25, 0.3) is 5.57 Å². The predicted octanol–water partition coefficient (Wildman–Crippen LogP) is 5.43. The van der Waals surface area contributed by atoms with Crippen molar-refractivity contribution >= 4 is 34.5 Å². The maximum Gasteiger partial charge on any atom is 0.573 e. The minimum atomic E-state index is -5.08. The molecule has 1 aromatic carbocycles. The number of alkyl halides is 3. The Morgan fingerprint density at radius 1 is 1.14 bits per heavy atom. The molecule has 0 bridgehead atoms. The molecule has 0 aliphatic heterocycles. The topological polar surface area (TPSA) is 124 Å². The maximum absolute atomic E-state index is 12.8. The van der Waals surface area contributed by atoms with Crippen molar-refractivity contribution in [2.24, 2.45) is 5.92 Å². The lowest BCUT2D eigenvalue weighted by atomic mass is 9.83. The summed E-state index contributed by atoms with van der Waals surface area (Å²) < 4.78 is 48.1. The van der Waals surface area contributed by atoms with Crippen LogP contribution in [-0.4, -0.2) is 44.4 Å². The van der Waals surface area contributed by atoms with E-state index in [0.29, 0.717) is 17.1 Å². The molecule has 194 valence electrons. The predicted molar refractivity (Wildman–Crippen MR) is 128 cm³/mol. The van der Waals surface area contributed by atoms with E-state index in [0.717, 1.165) is 43.4 Å². The van der Waals surface area contributed by atoms with Crippen molar-refractivity contribution < 1.29 is 37.3 Å². The Kier molecular flexibility index (Phi) is 7.71. The lowest BCUT2D eigenvalue weighted by molar-refractivity contribution is -0.274. The van der Waals surface area contributed by atoms with Crippen molar-refractivity contribution in [3.05, 3.63) is 64.9 Å². The highest BCUT2D eigenvalue weighted by atomic mass is 32.1. The number of carboxylic acid groups (broad SMARTS) is 1. The van der Waals surface area contributed by atoms with Crippen molar-refractivity contribution in [1.29, 1.82) is 0 Å². The number of aromatic carboxylic acids is 1. The van der Waals surface area contributed by atoms with Gasteiger partial charge in [0.1, 0.15) is 16.8 Å². The molecule has 0 unspecified atom stereocenters. The van der Waals surface area contributed by atoms with Crippen LogP contribution in [0.4, 0.5) is 18.9 Å². The van der Waals surface area contributed by atoms with Crippen LogP contribution in [0, 0.1) is 5.92 Å². The molecule has 9 nitrogen and oxygen atoms in total. The fraction of sp³-hybridized carbons (Fsp3) is 0.292. The molecule has 0 radical (unpaired) electrons. The van der Waals surface area contributed by atoms with Crippen LogP contribution < -0.4 is 14.8 Å². The van der Waals surface area contributed by atoms with E-state index < -0.39 is 29.6 Å². The van der Waals surface area contributed by atoms with E-state index in [1.54, 1.807) is 18.5 Å². The number of nitrogens with zero attached hydrogens (tertiary/aromatic N) is 3. The molecule has 0 atom stereocenters. The summed E-state index contributed by atoms with van der Waals surface area (Å²) >= 11 is 1.20. The van der Waals surface area contributed by atoms with Gasteiger partial charge in [0, 0.05) is 17.8 Å². The van der Waals surface area contributed by atoms with Gasteiger partial charge in [-0.2, -0.15) is 0 Å². The van der Waals surface area contributed by atoms with Gasteiger partial charge >= 0.3 is 18.3 Å². The normalized spacial score (nSPS) is 17.6. The second-order valence-corrected chi connectivity index (χ2v) is 9.06. The highest BCUT2D eigenvalue weighted by Crippen LogP contribution is 2.37. The number of ether oxygens (including phenoxy) is 2. The number of amides is 1. The monoisotopic (exact) mass is 534 g/mol. The Bertz CT molecular complexity index is 1290. The molecule has 0 saturated heterocycles. The van der Waals surface area contributed by atoms with Crippen LogP contribution in [0.5, 0.6) is 11.8 Å². The van der Waals surface area contributed by atoms with Crippen molar-refractivity contribution in [2.45, 2.75) is 38.1 Å². The molecule has 13 heteroatoms. The summed E-state index contributed by atoms with van der Waals surface area (Å²) in [5.41, 5.74) is -0.0210. The van der Waals surface area contributed by atoms with Crippen molar-refractivity contribution in [2.75, 3.05) is 5.32 Å². The number of hydrogen-bond acceptors (Lipinski definition) is 8. The number of halogens is 3. The first-order valence-corrected chi connectivity index (χ1v) is 12.0. The van der Waals surface area contributed by atoms with Crippen LogP contribution in [0.3, 0.4) is 0 Å². The largest absolute Gasteiger partial charge is 0.573 e. The number of carboxylic acids is 1. The summed E-state index contributed by atoms with van der Waals surface area (Å²) in [5, 5.41) is 13.4. The zero-order valence-corrected chi connectivity index (χ0v) is 20.0. The first kappa shape index (κ1) is 26.1. The Hall–Kier alpha value is -4.00. The number of anilines is 1. The van der Waals surface area contributed by atoms with Gasteiger partial charge in [-0.3, -0.25) is 4.79 Å². The molecule has 3 aromatic rings.